The minimum Gasteiger partial charge on any atom is -0.480 e. The second-order valence-electron chi connectivity index (χ2n) is 5.93. The minimum absolute atomic E-state index is 0.150. The average Bonchev–Trinajstić information content (AvgIpc) is 2.74. The van der Waals surface area contributed by atoms with Crippen molar-refractivity contribution in [3.05, 3.63) is 41.2 Å². The number of rotatable bonds is 6. The van der Waals surface area contributed by atoms with Gasteiger partial charge in [-0.2, -0.15) is 5.10 Å². The number of aliphatic carboxylic acids is 1. The van der Waals surface area contributed by atoms with Crippen LogP contribution in [0.15, 0.2) is 29.2 Å². The number of nitrogens with zero attached hydrogens (tertiary/aromatic N) is 2. The fourth-order valence-corrected chi connectivity index (χ4v) is 3.53. The molecule has 0 unspecified atom stereocenters. The number of aryl methyl sites for hydroxylation is 1. The largest absolute Gasteiger partial charge is 0.480 e. The highest BCUT2D eigenvalue weighted by atomic mass is 32.2. The van der Waals surface area contributed by atoms with Gasteiger partial charge in [0.25, 0.3) is 10.0 Å². The Bertz CT molecular complexity index is 852. The van der Waals surface area contributed by atoms with Gasteiger partial charge in [-0.1, -0.05) is 26.0 Å². The number of benzene rings is 1. The van der Waals surface area contributed by atoms with E-state index >= 15 is 0 Å². The molecule has 0 fully saturated rings. The van der Waals surface area contributed by atoms with Gasteiger partial charge in [0.2, 0.25) is 0 Å². The van der Waals surface area contributed by atoms with Gasteiger partial charge in [-0.05, 0) is 37.5 Å². The van der Waals surface area contributed by atoms with E-state index in [-0.39, 0.29) is 11.4 Å². The fourth-order valence-electron chi connectivity index (χ4n) is 2.35. The standard InChI is InChI=1S/C16H21N3O4S/c1-10(2)13-5-7-14(8-6-13)24(22,23)18-16-11(3)17-19(12(16)4)9-15(20)21/h5-8,10,18H,9H2,1-4H3,(H,20,21). The van der Waals surface area contributed by atoms with E-state index in [2.05, 4.69) is 9.82 Å². The third-order valence-corrected chi connectivity index (χ3v) is 5.13. The Morgan fingerprint density at radius 2 is 1.83 bits per heavy atom. The number of anilines is 1. The quantitative estimate of drug-likeness (QED) is 0.833. The van der Waals surface area contributed by atoms with Gasteiger partial charge in [0.15, 0.2) is 0 Å². The first-order valence-electron chi connectivity index (χ1n) is 7.50. The second-order valence-corrected chi connectivity index (χ2v) is 7.61. The molecule has 2 rings (SSSR count). The first-order valence-corrected chi connectivity index (χ1v) is 8.98. The van der Waals surface area contributed by atoms with Gasteiger partial charge in [0.05, 0.1) is 22.0 Å². The Hall–Kier alpha value is -2.35. The smallest absolute Gasteiger partial charge is 0.325 e. The zero-order chi connectivity index (χ0) is 18.1. The predicted molar refractivity (Wildman–Crippen MR) is 90.7 cm³/mol. The monoisotopic (exact) mass is 351 g/mol. The van der Waals surface area contributed by atoms with Crippen molar-refractivity contribution in [3.8, 4) is 0 Å². The summed E-state index contributed by atoms with van der Waals surface area (Å²) >= 11 is 0. The number of carboxylic acid groups (broad SMARTS) is 1. The highest BCUT2D eigenvalue weighted by molar-refractivity contribution is 7.92. The van der Waals surface area contributed by atoms with Crippen molar-refractivity contribution in [2.24, 2.45) is 0 Å². The highest BCUT2D eigenvalue weighted by Gasteiger charge is 2.20. The van der Waals surface area contributed by atoms with Crippen molar-refractivity contribution in [3.63, 3.8) is 0 Å². The molecule has 0 saturated heterocycles. The Morgan fingerprint density at radius 1 is 1.25 bits per heavy atom. The maximum absolute atomic E-state index is 12.6. The number of carbonyl (C=O) groups is 1. The summed E-state index contributed by atoms with van der Waals surface area (Å²) in [4.78, 5) is 11.0. The zero-order valence-corrected chi connectivity index (χ0v) is 14.9. The van der Waals surface area contributed by atoms with Gasteiger partial charge in [-0.15, -0.1) is 0 Å². The third kappa shape index (κ3) is 3.76. The van der Waals surface area contributed by atoms with Gasteiger partial charge < -0.3 is 5.11 Å². The molecule has 1 heterocycles. The molecule has 0 atom stereocenters. The Morgan fingerprint density at radius 3 is 2.33 bits per heavy atom. The number of nitrogens with one attached hydrogen (secondary N) is 1. The van der Waals surface area contributed by atoms with E-state index in [0.717, 1.165) is 5.56 Å². The summed E-state index contributed by atoms with van der Waals surface area (Å²) < 4.78 is 28.9. The number of sulfonamides is 1. The maximum Gasteiger partial charge on any atom is 0.325 e. The first-order chi connectivity index (χ1) is 11.1. The van der Waals surface area contributed by atoms with Crippen LogP contribution in [0.1, 0.15) is 36.7 Å². The third-order valence-electron chi connectivity index (χ3n) is 3.76. The molecular weight excluding hydrogens is 330 g/mol. The summed E-state index contributed by atoms with van der Waals surface area (Å²) in [5, 5.41) is 12.9. The van der Waals surface area contributed by atoms with E-state index in [9.17, 15) is 13.2 Å². The normalized spacial score (nSPS) is 11.7. The van der Waals surface area contributed by atoms with Gasteiger partial charge in [-0.3, -0.25) is 14.2 Å². The number of hydrogen-bond acceptors (Lipinski definition) is 4. The summed E-state index contributed by atoms with van der Waals surface area (Å²) in [5.41, 5.74) is 2.24. The van der Waals surface area contributed by atoms with Crippen LogP contribution in [-0.2, 0) is 21.4 Å². The molecule has 1 aromatic carbocycles. The van der Waals surface area contributed by atoms with Crippen LogP contribution in [-0.4, -0.2) is 29.3 Å². The summed E-state index contributed by atoms with van der Waals surface area (Å²) in [6, 6.07) is 6.69. The molecule has 0 saturated carbocycles. The van der Waals surface area contributed by atoms with Crippen molar-refractivity contribution in [2.45, 2.75) is 45.1 Å². The molecule has 8 heteroatoms. The number of hydrogen-bond donors (Lipinski definition) is 2. The number of carboxylic acids is 1. The second kappa shape index (κ2) is 6.64. The van der Waals surface area contributed by atoms with Crippen LogP contribution < -0.4 is 4.72 Å². The lowest BCUT2D eigenvalue weighted by Crippen LogP contribution is -2.15. The topological polar surface area (TPSA) is 101 Å². The molecule has 0 bridgehead atoms. The van der Waals surface area contributed by atoms with Crippen molar-refractivity contribution in [2.75, 3.05) is 4.72 Å². The molecule has 1 aromatic heterocycles. The predicted octanol–water partition coefficient (Wildman–Crippen LogP) is 2.51. The van der Waals surface area contributed by atoms with E-state index in [1.807, 2.05) is 13.8 Å². The Balaban J connectivity index is 2.32. The van der Waals surface area contributed by atoms with Crippen LogP contribution in [0.2, 0.25) is 0 Å². The molecule has 24 heavy (non-hydrogen) atoms. The van der Waals surface area contributed by atoms with E-state index in [1.54, 1.807) is 38.1 Å². The number of aromatic nitrogens is 2. The van der Waals surface area contributed by atoms with Crippen LogP contribution in [0, 0.1) is 13.8 Å². The first kappa shape index (κ1) is 18.0. The molecule has 2 N–H and O–H groups in total. The molecular formula is C16H21N3O4S. The van der Waals surface area contributed by atoms with Crippen molar-refractivity contribution in [1.82, 2.24) is 9.78 Å². The molecule has 130 valence electrons. The highest BCUT2D eigenvalue weighted by Crippen LogP contribution is 2.24. The van der Waals surface area contributed by atoms with Crippen molar-refractivity contribution >= 4 is 21.7 Å². The maximum atomic E-state index is 12.6. The Kier molecular flexibility index (Phi) is 4.98. The van der Waals surface area contributed by atoms with Gasteiger partial charge in [0, 0.05) is 0 Å². The van der Waals surface area contributed by atoms with Crippen molar-refractivity contribution in [1.29, 1.82) is 0 Å². The average molecular weight is 351 g/mol. The van der Waals surface area contributed by atoms with Crippen LogP contribution in [0.25, 0.3) is 0 Å². The van der Waals surface area contributed by atoms with Crippen LogP contribution in [0.4, 0.5) is 5.69 Å². The summed E-state index contributed by atoms with van der Waals surface area (Å²) in [5.74, 6) is -0.729. The molecule has 0 radical (unpaired) electrons. The summed E-state index contributed by atoms with van der Waals surface area (Å²) in [6.45, 7) is 7.00. The van der Waals surface area contributed by atoms with E-state index in [4.69, 9.17) is 5.11 Å². The zero-order valence-electron chi connectivity index (χ0n) is 14.1. The van der Waals surface area contributed by atoms with E-state index < -0.39 is 16.0 Å². The molecule has 0 aliphatic carbocycles. The van der Waals surface area contributed by atoms with Crippen LogP contribution in [0.5, 0.6) is 0 Å². The SMILES string of the molecule is Cc1nn(CC(=O)O)c(C)c1NS(=O)(=O)c1ccc(C(C)C)cc1. The summed E-state index contributed by atoms with van der Waals surface area (Å²) in [6.07, 6.45) is 0. The molecule has 0 aliphatic rings. The molecule has 2 aromatic rings. The molecule has 0 amide bonds. The van der Waals surface area contributed by atoms with Gasteiger partial charge >= 0.3 is 5.97 Å². The lowest BCUT2D eigenvalue weighted by atomic mass is 10.0. The van der Waals surface area contributed by atoms with Gasteiger partial charge in [0.1, 0.15) is 6.54 Å². The van der Waals surface area contributed by atoms with Crippen LogP contribution in [0.3, 0.4) is 0 Å². The minimum atomic E-state index is -3.77. The molecule has 7 nitrogen and oxygen atoms in total. The van der Waals surface area contributed by atoms with Crippen LogP contribution >= 0.6 is 0 Å². The van der Waals surface area contributed by atoms with Crippen molar-refractivity contribution < 1.29 is 18.3 Å². The van der Waals surface area contributed by atoms with E-state index in [1.165, 1.54) is 4.68 Å². The fraction of sp³-hybridized carbons (Fsp3) is 0.375. The van der Waals surface area contributed by atoms with E-state index in [0.29, 0.717) is 23.0 Å². The lowest BCUT2D eigenvalue weighted by Gasteiger charge is -2.10. The molecule has 0 aliphatic heterocycles. The lowest BCUT2D eigenvalue weighted by molar-refractivity contribution is -0.137. The van der Waals surface area contributed by atoms with Gasteiger partial charge in [-0.25, -0.2) is 8.42 Å². The molecule has 0 spiro atoms. The summed E-state index contributed by atoms with van der Waals surface area (Å²) in [7, 11) is -3.77. The Labute approximate surface area is 141 Å².